The number of aromatic nitrogens is 3. The zero-order chi connectivity index (χ0) is 35.2. The number of hydrogen-bond donors (Lipinski definition) is 4. The number of halogens is 2. The van der Waals surface area contributed by atoms with Gasteiger partial charge >= 0.3 is 5.69 Å². The second-order valence-corrected chi connectivity index (χ2v) is 15.5. The molecule has 268 valence electrons. The molecule has 6 N–H and O–H groups in total. The van der Waals surface area contributed by atoms with Gasteiger partial charge in [0.15, 0.2) is 11.0 Å². The Labute approximate surface area is 302 Å². The minimum atomic E-state index is -0.510. The van der Waals surface area contributed by atoms with Crippen LogP contribution in [0.1, 0.15) is 81.9 Å². The van der Waals surface area contributed by atoms with E-state index in [0.717, 1.165) is 101 Å². The number of piperidine rings is 1. The fourth-order valence-electron chi connectivity index (χ4n) is 7.61. The van der Waals surface area contributed by atoms with Crippen LogP contribution in [-0.4, -0.2) is 62.2 Å². The van der Waals surface area contributed by atoms with Crippen LogP contribution in [0.2, 0.25) is 5.02 Å². The number of rotatable bonds is 13. The molecule has 0 saturated carbocycles. The van der Waals surface area contributed by atoms with Crippen molar-refractivity contribution in [1.82, 2.24) is 19.4 Å². The molecule has 0 unspecified atom stereocenters. The molecule has 9 nitrogen and oxygen atoms in total. The molecule has 3 atom stereocenters. The van der Waals surface area contributed by atoms with Crippen molar-refractivity contribution in [2.75, 3.05) is 25.5 Å². The smallest absolute Gasteiger partial charge is 0.354 e. The van der Waals surface area contributed by atoms with Gasteiger partial charge in [-0.2, -0.15) is 4.98 Å². The Kier molecular flexibility index (Phi) is 12.3. The van der Waals surface area contributed by atoms with Crippen LogP contribution in [0.4, 0.5) is 4.39 Å². The van der Waals surface area contributed by atoms with Crippen LogP contribution in [0.5, 0.6) is 0 Å². The number of ether oxygens (including phenoxy) is 1. The van der Waals surface area contributed by atoms with Crippen LogP contribution in [0.15, 0.2) is 53.5 Å². The highest BCUT2D eigenvalue weighted by molar-refractivity contribution is 8.13. The van der Waals surface area contributed by atoms with Crippen molar-refractivity contribution in [3.05, 3.63) is 81.1 Å². The molecule has 0 spiro atoms. The first-order valence-electron chi connectivity index (χ1n) is 17.9. The van der Waals surface area contributed by atoms with Crippen molar-refractivity contribution >= 4 is 39.6 Å². The highest BCUT2D eigenvalue weighted by atomic mass is 35.5. The van der Waals surface area contributed by atoms with E-state index in [2.05, 4.69) is 27.0 Å². The second-order valence-electron chi connectivity index (χ2n) is 14.0. The minimum Gasteiger partial charge on any atom is -0.381 e. The van der Waals surface area contributed by atoms with Crippen LogP contribution < -0.4 is 17.2 Å². The van der Waals surface area contributed by atoms with Crippen LogP contribution in [-0.2, 0) is 11.2 Å². The zero-order valence-electron chi connectivity index (χ0n) is 28.8. The topological polar surface area (TPSA) is 139 Å². The van der Waals surface area contributed by atoms with E-state index in [1.165, 1.54) is 17.3 Å². The Balaban J connectivity index is 1.23. The van der Waals surface area contributed by atoms with Crippen molar-refractivity contribution in [1.29, 1.82) is 5.41 Å². The van der Waals surface area contributed by atoms with Crippen molar-refractivity contribution in [3.8, 4) is 16.9 Å². The molecule has 4 aromatic rings. The maximum absolute atomic E-state index is 15.3. The number of amidine groups is 1. The second kappa shape index (κ2) is 16.9. The van der Waals surface area contributed by atoms with Gasteiger partial charge in [0.05, 0.1) is 16.4 Å². The molecule has 2 aromatic carbocycles. The molecule has 50 heavy (non-hydrogen) atoms. The van der Waals surface area contributed by atoms with Crippen LogP contribution in [0.25, 0.3) is 28.0 Å². The molecule has 0 bridgehead atoms. The number of fused-ring (bicyclic) bond motifs is 1. The summed E-state index contributed by atoms with van der Waals surface area (Å²) < 4.78 is 22.4. The summed E-state index contributed by atoms with van der Waals surface area (Å²) in [5, 5.41) is 8.59. The highest BCUT2D eigenvalue weighted by Gasteiger charge is 2.32. The number of benzene rings is 2. The van der Waals surface area contributed by atoms with E-state index >= 15 is 4.39 Å². The number of nitrogens with two attached hydrogens (primary N) is 2. The molecule has 12 heteroatoms. The first-order chi connectivity index (χ1) is 24.2. The molecule has 2 aromatic heterocycles. The molecular weight excluding hydrogens is 673 g/mol. The lowest BCUT2D eigenvalue weighted by atomic mass is 9.88. The van der Waals surface area contributed by atoms with Gasteiger partial charge in [0.1, 0.15) is 5.65 Å². The molecule has 4 heterocycles. The van der Waals surface area contributed by atoms with Gasteiger partial charge in [0.25, 0.3) is 0 Å². The quantitative estimate of drug-likeness (QED) is 0.0825. The van der Waals surface area contributed by atoms with E-state index in [1.807, 2.05) is 31.2 Å². The lowest BCUT2D eigenvalue weighted by Crippen LogP contribution is -2.43. The number of aryl methyl sites for hydroxylation is 1. The molecule has 6 rings (SSSR count). The Hall–Kier alpha value is -3.22. The molecule has 2 saturated heterocycles. The molecular formula is C38H49ClFN7O2S. The zero-order valence-corrected chi connectivity index (χ0v) is 30.4. The normalized spacial score (nSPS) is 19.6. The number of hydrogen-bond acceptors (Lipinski definition) is 7. The summed E-state index contributed by atoms with van der Waals surface area (Å²) in [7, 11) is 0. The van der Waals surface area contributed by atoms with E-state index < -0.39 is 11.5 Å². The van der Waals surface area contributed by atoms with E-state index in [4.69, 9.17) is 33.2 Å². The first-order valence-corrected chi connectivity index (χ1v) is 19.3. The molecule has 0 aliphatic carbocycles. The largest absolute Gasteiger partial charge is 0.381 e. The van der Waals surface area contributed by atoms with Gasteiger partial charge in [-0.15, -0.1) is 0 Å². The van der Waals surface area contributed by atoms with Gasteiger partial charge in [-0.3, -0.25) is 14.9 Å². The summed E-state index contributed by atoms with van der Waals surface area (Å²) in [5.41, 5.74) is 15.3. The summed E-state index contributed by atoms with van der Waals surface area (Å²) >= 11 is 7.73. The van der Waals surface area contributed by atoms with Crippen LogP contribution in [0.3, 0.4) is 0 Å². The van der Waals surface area contributed by atoms with E-state index in [1.54, 1.807) is 16.8 Å². The van der Waals surface area contributed by atoms with Gasteiger partial charge in [-0.1, -0.05) is 35.5 Å². The summed E-state index contributed by atoms with van der Waals surface area (Å²) in [6.45, 7) is 4.71. The summed E-state index contributed by atoms with van der Waals surface area (Å²) in [5.74, 6) is 1.02. The van der Waals surface area contributed by atoms with Crippen LogP contribution in [0, 0.1) is 17.1 Å². The standard InChI is InChI=1S/C38H49ClFN7O2S/c1-24(41)4-2-5-26-20-31(35(40)32(39)21-26)33-22-28-23-47(38(48)45-36(28)44-33)30-10-8-27(9-11-30)34-7-3-6-29(15-19-50-37(42)43)46(34)16-12-25-13-17-49-18-14-25/h8-11,20-25,29,34H,2-7,12-19,41H2,1H3,(H3,42,43)(H,44,45,48)/t24-,29-,34-/m0/s1. The van der Waals surface area contributed by atoms with Crippen molar-refractivity contribution in [3.63, 3.8) is 0 Å². The number of H-pyrrole nitrogens is 1. The SMILES string of the molecule is C[C@H](N)CCCc1cc(Cl)c(F)c(-c2cc3cn(-c4ccc([C@@H]5CCC[C@@H](CCSC(=N)N)N5CCC5CCOCC5)cc4)c(=O)nc3[nH]2)c1. The predicted molar refractivity (Wildman–Crippen MR) is 203 cm³/mol. The summed E-state index contributed by atoms with van der Waals surface area (Å²) in [4.78, 5) is 23.4. The number of nitrogens with zero attached hydrogens (tertiary/aromatic N) is 3. The van der Waals surface area contributed by atoms with Gasteiger partial charge in [0.2, 0.25) is 0 Å². The molecule has 2 aliphatic rings. The van der Waals surface area contributed by atoms with E-state index in [9.17, 15) is 4.79 Å². The molecule has 2 aliphatic heterocycles. The highest BCUT2D eigenvalue weighted by Crippen LogP contribution is 2.38. The van der Waals surface area contributed by atoms with Gasteiger partial charge in [-0.05, 0) is 125 Å². The van der Waals surface area contributed by atoms with E-state index in [0.29, 0.717) is 34.3 Å². The monoisotopic (exact) mass is 721 g/mol. The minimum absolute atomic E-state index is 0.0611. The average Bonchev–Trinajstić information content (AvgIpc) is 3.51. The van der Waals surface area contributed by atoms with Crippen molar-refractivity contribution in [2.45, 2.75) is 89.3 Å². The fourth-order valence-corrected chi connectivity index (χ4v) is 8.46. The number of likely N-dealkylation sites (tertiary alicyclic amines) is 1. The van der Waals surface area contributed by atoms with Crippen LogP contribution >= 0.6 is 23.4 Å². The van der Waals surface area contributed by atoms with Gasteiger partial charge < -0.3 is 21.2 Å². The number of thioether (sulfide) groups is 1. The number of nitrogens with one attached hydrogen (secondary N) is 2. The Morgan fingerprint density at radius 1 is 1.16 bits per heavy atom. The maximum Gasteiger partial charge on any atom is 0.354 e. The number of aromatic amines is 1. The Morgan fingerprint density at radius 3 is 2.68 bits per heavy atom. The average molecular weight is 722 g/mol. The van der Waals surface area contributed by atoms with Gasteiger partial charge in [0, 0.05) is 54.2 Å². The summed E-state index contributed by atoms with van der Waals surface area (Å²) in [6.07, 6.45) is 12.0. The Bertz CT molecular complexity index is 1820. The van der Waals surface area contributed by atoms with Crippen molar-refractivity contribution < 1.29 is 9.13 Å². The third-order valence-corrected chi connectivity index (χ3v) is 11.3. The van der Waals surface area contributed by atoms with Gasteiger partial charge in [-0.25, -0.2) is 9.18 Å². The third kappa shape index (κ3) is 8.98. The summed E-state index contributed by atoms with van der Waals surface area (Å²) in [6, 6.07) is 14.4. The first kappa shape index (κ1) is 36.6. The van der Waals surface area contributed by atoms with Crippen molar-refractivity contribution in [2.24, 2.45) is 17.4 Å². The predicted octanol–water partition coefficient (Wildman–Crippen LogP) is 7.57. The lowest BCUT2D eigenvalue weighted by Gasteiger charge is -2.43. The molecule has 0 radical (unpaired) electrons. The third-order valence-electron chi connectivity index (χ3n) is 10.3. The maximum atomic E-state index is 15.3. The Morgan fingerprint density at radius 2 is 1.94 bits per heavy atom. The molecule has 0 amide bonds. The lowest BCUT2D eigenvalue weighted by molar-refractivity contribution is 0.0416. The molecule has 2 fully saturated rings. The fraction of sp³-hybridized carbons (Fsp3) is 0.500. The van der Waals surface area contributed by atoms with E-state index in [-0.39, 0.29) is 22.3 Å².